The van der Waals surface area contributed by atoms with E-state index in [1.807, 2.05) is 11.3 Å². The number of aryl methyl sites for hydroxylation is 2. The van der Waals surface area contributed by atoms with E-state index >= 15 is 0 Å². The minimum Gasteiger partial charge on any atom is -0.371 e. The van der Waals surface area contributed by atoms with Gasteiger partial charge in [-0.3, -0.25) is 0 Å². The van der Waals surface area contributed by atoms with Crippen molar-refractivity contribution in [1.82, 2.24) is 0 Å². The molecule has 0 spiro atoms. The lowest BCUT2D eigenvalue weighted by atomic mass is 10.1. The molecule has 0 amide bonds. The molecule has 3 heteroatoms. The SMILES string of the molecule is Cc1cc2c(s1)C(CN)OCCC2. The van der Waals surface area contributed by atoms with Gasteiger partial charge in [0.25, 0.3) is 0 Å². The molecule has 0 bridgehead atoms. The summed E-state index contributed by atoms with van der Waals surface area (Å²) in [5.74, 6) is 0. The molecule has 0 saturated carbocycles. The van der Waals surface area contributed by atoms with Crippen LogP contribution in [0.1, 0.15) is 27.8 Å². The van der Waals surface area contributed by atoms with Crippen LogP contribution in [-0.2, 0) is 11.2 Å². The molecule has 2 N–H and O–H groups in total. The van der Waals surface area contributed by atoms with Gasteiger partial charge < -0.3 is 10.5 Å². The summed E-state index contributed by atoms with van der Waals surface area (Å²) in [7, 11) is 0. The molecule has 1 aliphatic rings. The number of thiophene rings is 1. The van der Waals surface area contributed by atoms with Crippen molar-refractivity contribution >= 4 is 11.3 Å². The molecule has 0 aliphatic carbocycles. The zero-order valence-corrected chi connectivity index (χ0v) is 8.69. The fourth-order valence-electron chi connectivity index (χ4n) is 1.79. The van der Waals surface area contributed by atoms with E-state index < -0.39 is 0 Å². The molecule has 72 valence electrons. The van der Waals surface area contributed by atoms with Gasteiger partial charge >= 0.3 is 0 Å². The molecule has 1 atom stereocenters. The molecule has 2 nitrogen and oxygen atoms in total. The van der Waals surface area contributed by atoms with Crippen LogP contribution >= 0.6 is 11.3 Å². The molecule has 1 aliphatic heterocycles. The van der Waals surface area contributed by atoms with E-state index in [-0.39, 0.29) is 6.10 Å². The Morgan fingerprint density at radius 2 is 2.54 bits per heavy atom. The Morgan fingerprint density at radius 1 is 1.69 bits per heavy atom. The molecule has 13 heavy (non-hydrogen) atoms. The maximum atomic E-state index is 5.68. The maximum Gasteiger partial charge on any atom is 0.104 e. The Kier molecular flexibility index (Phi) is 2.67. The van der Waals surface area contributed by atoms with Crippen LogP contribution in [0.4, 0.5) is 0 Å². The monoisotopic (exact) mass is 197 g/mol. The summed E-state index contributed by atoms with van der Waals surface area (Å²) in [4.78, 5) is 2.73. The van der Waals surface area contributed by atoms with Gasteiger partial charge in [0.05, 0.1) is 0 Å². The highest BCUT2D eigenvalue weighted by Crippen LogP contribution is 2.32. The lowest BCUT2D eigenvalue weighted by Gasteiger charge is -2.12. The lowest BCUT2D eigenvalue weighted by molar-refractivity contribution is 0.0648. The number of hydrogen-bond donors (Lipinski definition) is 1. The van der Waals surface area contributed by atoms with Crippen molar-refractivity contribution in [3.8, 4) is 0 Å². The highest BCUT2D eigenvalue weighted by atomic mass is 32.1. The maximum absolute atomic E-state index is 5.68. The third-order valence-electron chi connectivity index (χ3n) is 2.38. The van der Waals surface area contributed by atoms with Gasteiger partial charge in [-0.1, -0.05) is 0 Å². The van der Waals surface area contributed by atoms with E-state index in [4.69, 9.17) is 10.5 Å². The summed E-state index contributed by atoms with van der Waals surface area (Å²) in [6.45, 7) is 3.60. The van der Waals surface area contributed by atoms with Crippen molar-refractivity contribution in [1.29, 1.82) is 0 Å². The number of fused-ring (bicyclic) bond motifs is 1. The third-order valence-corrected chi connectivity index (χ3v) is 3.57. The highest BCUT2D eigenvalue weighted by molar-refractivity contribution is 7.12. The summed E-state index contributed by atoms with van der Waals surface area (Å²) in [6, 6.07) is 2.28. The van der Waals surface area contributed by atoms with E-state index in [9.17, 15) is 0 Å². The van der Waals surface area contributed by atoms with Gasteiger partial charge in [-0.25, -0.2) is 0 Å². The fraction of sp³-hybridized carbons (Fsp3) is 0.600. The molecule has 0 aromatic carbocycles. The van der Waals surface area contributed by atoms with Crippen LogP contribution in [0.25, 0.3) is 0 Å². The number of hydrogen-bond acceptors (Lipinski definition) is 3. The molecule has 1 unspecified atom stereocenters. The van der Waals surface area contributed by atoms with Gasteiger partial charge in [0.2, 0.25) is 0 Å². The Hall–Kier alpha value is -0.380. The number of ether oxygens (including phenoxy) is 1. The van der Waals surface area contributed by atoms with Crippen molar-refractivity contribution in [2.45, 2.75) is 25.9 Å². The quantitative estimate of drug-likeness (QED) is 0.747. The van der Waals surface area contributed by atoms with Crippen LogP contribution in [0.5, 0.6) is 0 Å². The zero-order valence-electron chi connectivity index (χ0n) is 7.88. The molecule has 2 heterocycles. The first kappa shape index (κ1) is 9.19. The summed E-state index contributed by atoms with van der Waals surface area (Å²) in [5, 5.41) is 0. The van der Waals surface area contributed by atoms with Crippen molar-refractivity contribution in [3.63, 3.8) is 0 Å². The lowest BCUT2D eigenvalue weighted by Crippen LogP contribution is -2.14. The first-order chi connectivity index (χ1) is 6.31. The predicted molar refractivity (Wildman–Crippen MR) is 55.1 cm³/mol. The Morgan fingerprint density at radius 3 is 3.31 bits per heavy atom. The average molecular weight is 197 g/mol. The van der Waals surface area contributed by atoms with Gasteiger partial charge in [0.15, 0.2) is 0 Å². The van der Waals surface area contributed by atoms with Gasteiger partial charge in [-0.2, -0.15) is 0 Å². The van der Waals surface area contributed by atoms with Crippen LogP contribution < -0.4 is 5.73 Å². The molecule has 2 rings (SSSR count). The fourth-order valence-corrected chi connectivity index (χ4v) is 2.93. The molecule has 0 fully saturated rings. The molecular formula is C10H15NOS. The molecule has 0 radical (unpaired) electrons. The van der Waals surface area contributed by atoms with Crippen LogP contribution in [0.15, 0.2) is 6.07 Å². The van der Waals surface area contributed by atoms with Crippen LogP contribution in [0.2, 0.25) is 0 Å². The van der Waals surface area contributed by atoms with E-state index in [1.165, 1.54) is 15.3 Å². The predicted octanol–water partition coefficient (Wildman–Crippen LogP) is 2.02. The summed E-state index contributed by atoms with van der Waals surface area (Å²) in [5.41, 5.74) is 7.13. The summed E-state index contributed by atoms with van der Waals surface area (Å²) in [6.07, 6.45) is 2.42. The average Bonchev–Trinajstić information content (AvgIpc) is 2.37. The van der Waals surface area contributed by atoms with Crippen molar-refractivity contribution < 1.29 is 4.74 Å². The molecule has 1 aromatic rings. The Bertz CT molecular complexity index is 295. The Balaban J connectivity index is 2.34. The van der Waals surface area contributed by atoms with Crippen LogP contribution in [-0.4, -0.2) is 13.2 Å². The van der Waals surface area contributed by atoms with Crippen LogP contribution in [0, 0.1) is 6.92 Å². The zero-order chi connectivity index (χ0) is 9.26. The second-order valence-electron chi connectivity index (χ2n) is 3.45. The summed E-state index contributed by atoms with van der Waals surface area (Å²) < 4.78 is 5.68. The normalized spacial score (nSPS) is 22.5. The minimum absolute atomic E-state index is 0.149. The smallest absolute Gasteiger partial charge is 0.104 e. The van der Waals surface area contributed by atoms with Crippen molar-refractivity contribution in [3.05, 3.63) is 21.4 Å². The van der Waals surface area contributed by atoms with Crippen molar-refractivity contribution in [2.75, 3.05) is 13.2 Å². The highest BCUT2D eigenvalue weighted by Gasteiger charge is 2.19. The Labute approximate surface area is 82.7 Å². The second-order valence-corrected chi connectivity index (χ2v) is 4.73. The first-order valence-corrected chi connectivity index (χ1v) is 5.54. The largest absolute Gasteiger partial charge is 0.371 e. The molecule has 0 saturated heterocycles. The van der Waals surface area contributed by atoms with Crippen LogP contribution in [0.3, 0.4) is 0 Å². The summed E-state index contributed by atoms with van der Waals surface area (Å²) >= 11 is 1.83. The van der Waals surface area contributed by atoms with Crippen molar-refractivity contribution in [2.24, 2.45) is 5.73 Å². The van der Waals surface area contributed by atoms with E-state index in [1.54, 1.807) is 0 Å². The van der Waals surface area contributed by atoms with E-state index in [0.717, 1.165) is 19.4 Å². The topological polar surface area (TPSA) is 35.2 Å². The standard InChI is InChI=1S/C10H15NOS/c1-7-5-8-3-2-4-12-9(6-11)10(8)13-7/h5,9H,2-4,6,11H2,1H3. The van der Waals surface area contributed by atoms with Gasteiger partial charge in [-0.05, 0) is 31.4 Å². The van der Waals surface area contributed by atoms with E-state index in [2.05, 4.69) is 13.0 Å². The molecule has 1 aromatic heterocycles. The van der Waals surface area contributed by atoms with Gasteiger partial charge in [0, 0.05) is 22.9 Å². The third kappa shape index (κ3) is 1.77. The minimum atomic E-state index is 0.149. The van der Waals surface area contributed by atoms with E-state index in [0.29, 0.717) is 6.54 Å². The molecular weight excluding hydrogens is 182 g/mol. The number of rotatable bonds is 1. The van der Waals surface area contributed by atoms with Gasteiger partial charge in [0.1, 0.15) is 6.10 Å². The van der Waals surface area contributed by atoms with Gasteiger partial charge in [-0.15, -0.1) is 11.3 Å². The first-order valence-electron chi connectivity index (χ1n) is 4.72. The second kappa shape index (κ2) is 3.78. The number of nitrogens with two attached hydrogens (primary N) is 1.